The first-order valence-electron chi connectivity index (χ1n) is 9.74. The molecule has 0 aromatic heterocycles. The van der Waals surface area contributed by atoms with Crippen LogP contribution in [0.4, 0.5) is 8.78 Å². The van der Waals surface area contributed by atoms with Crippen LogP contribution in [0.5, 0.6) is 0 Å². The second kappa shape index (κ2) is 10.7. The smallest absolute Gasteiger partial charge is 0.255 e. The number of hydrazone groups is 1. The minimum Gasteiger partial charge on any atom is -0.272 e. The number of aryl methyl sites for hydroxylation is 1. The van der Waals surface area contributed by atoms with Gasteiger partial charge in [-0.2, -0.15) is 9.41 Å². The Morgan fingerprint density at radius 2 is 1.70 bits per heavy atom. The molecule has 3 aromatic carbocycles. The van der Waals surface area contributed by atoms with E-state index in [4.69, 9.17) is 11.6 Å². The van der Waals surface area contributed by atoms with Crippen molar-refractivity contribution in [1.82, 2.24) is 9.73 Å². The Bertz CT molecular complexity index is 1260. The van der Waals surface area contributed by atoms with Crippen molar-refractivity contribution in [3.63, 3.8) is 0 Å². The van der Waals surface area contributed by atoms with Gasteiger partial charge in [0.25, 0.3) is 5.91 Å². The maximum Gasteiger partial charge on any atom is 0.255 e. The molecule has 172 valence electrons. The van der Waals surface area contributed by atoms with Gasteiger partial charge in [-0.25, -0.2) is 22.6 Å². The molecule has 1 N–H and O–H groups in total. The van der Waals surface area contributed by atoms with Crippen LogP contribution in [0, 0.1) is 18.6 Å². The molecule has 1 amide bonds. The molecule has 0 atom stereocenters. The molecule has 0 radical (unpaired) electrons. The highest BCUT2D eigenvalue weighted by Gasteiger charge is 2.28. The van der Waals surface area contributed by atoms with Gasteiger partial charge in [-0.05, 0) is 37.3 Å². The predicted molar refractivity (Wildman–Crippen MR) is 122 cm³/mol. The van der Waals surface area contributed by atoms with Gasteiger partial charge in [0.2, 0.25) is 10.0 Å². The summed E-state index contributed by atoms with van der Waals surface area (Å²) in [5, 5.41) is 3.70. The fraction of sp³-hybridized carbons (Fsp3) is 0.130. The van der Waals surface area contributed by atoms with Gasteiger partial charge in [-0.15, -0.1) is 0 Å². The molecule has 0 aliphatic carbocycles. The number of carbonyl (C=O) groups is 1. The first-order valence-corrected chi connectivity index (χ1v) is 11.6. The van der Waals surface area contributed by atoms with Crippen molar-refractivity contribution in [2.24, 2.45) is 5.10 Å². The van der Waals surface area contributed by atoms with E-state index in [0.29, 0.717) is 0 Å². The van der Waals surface area contributed by atoms with E-state index in [9.17, 15) is 22.0 Å². The Kier molecular flexibility index (Phi) is 7.91. The molecule has 3 aromatic rings. The maximum absolute atomic E-state index is 14.4. The van der Waals surface area contributed by atoms with Gasteiger partial charge in [0.05, 0.1) is 17.7 Å². The van der Waals surface area contributed by atoms with E-state index in [1.54, 1.807) is 25.1 Å². The first kappa shape index (κ1) is 24.5. The Labute approximate surface area is 195 Å². The zero-order valence-corrected chi connectivity index (χ0v) is 19.1. The van der Waals surface area contributed by atoms with Crippen LogP contribution in [0.3, 0.4) is 0 Å². The summed E-state index contributed by atoms with van der Waals surface area (Å²) in [5.41, 5.74) is 3.08. The van der Waals surface area contributed by atoms with Crippen LogP contribution in [0.25, 0.3) is 0 Å². The third-order valence-electron chi connectivity index (χ3n) is 4.67. The van der Waals surface area contributed by atoms with Gasteiger partial charge < -0.3 is 0 Å². The minimum absolute atomic E-state index is 0.0251. The second-order valence-corrected chi connectivity index (χ2v) is 9.45. The largest absolute Gasteiger partial charge is 0.272 e. The zero-order valence-electron chi connectivity index (χ0n) is 17.5. The second-order valence-electron chi connectivity index (χ2n) is 7.10. The Morgan fingerprint density at radius 3 is 2.36 bits per heavy atom. The third kappa shape index (κ3) is 6.22. The molecule has 0 saturated carbocycles. The molecule has 0 saturated heterocycles. The summed E-state index contributed by atoms with van der Waals surface area (Å²) in [4.78, 5) is 12.4. The van der Waals surface area contributed by atoms with Crippen LogP contribution in [0.2, 0.25) is 5.02 Å². The van der Waals surface area contributed by atoms with Gasteiger partial charge in [-0.1, -0.05) is 53.6 Å². The first-order chi connectivity index (χ1) is 15.7. The molecule has 6 nitrogen and oxygen atoms in total. The fourth-order valence-corrected chi connectivity index (χ4v) is 4.48. The molecular formula is C23H20ClF2N3O3S. The van der Waals surface area contributed by atoms with E-state index in [1.807, 2.05) is 0 Å². The number of nitrogens with one attached hydrogen (secondary N) is 1. The number of hydrogen-bond acceptors (Lipinski definition) is 4. The Morgan fingerprint density at radius 1 is 1.03 bits per heavy atom. The van der Waals surface area contributed by atoms with Crippen LogP contribution < -0.4 is 5.43 Å². The average Bonchev–Trinajstić information content (AvgIpc) is 2.77. The van der Waals surface area contributed by atoms with Crippen molar-refractivity contribution in [3.05, 3.63) is 100 Å². The number of benzene rings is 3. The summed E-state index contributed by atoms with van der Waals surface area (Å²) >= 11 is 6.07. The van der Waals surface area contributed by atoms with Gasteiger partial charge in [0.1, 0.15) is 11.6 Å². The molecule has 0 bridgehead atoms. The number of amides is 1. The van der Waals surface area contributed by atoms with Gasteiger partial charge in [0.15, 0.2) is 0 Å². The highest BCUT2D eigenvalue weighted by Crippen LogP contribution is 2.24. The van der Waals surface area contributed by atoms with Crippen molar-refractivity contribution in [3.8, 4) is 0 Å². The van der Waals surface area contributed by atoms with Crippen molar-refractivity contribution in [1.29, 1.82) is 0 Å². The number of sulfonamides is 1. The summed E-state index contributed by atoms with van der Waals surface area (Å²) in [6, 6.07) is 15.8. The van der Waals surface area contributed by atoms with Crippen LogP contribution in [0.15, 0.2) is 76.7 Å². The number of halogens is 3. The van der Waals surface area contributed by atoms with E-state index in [2.05, 4.69) is 10.5 Å². The summed E-state index contributed by atoms with van der Waals surface area (Å²) < 4.78 is 55.3. The number of nitrogens with zero attached hydrogens (tertiary/aromatic N) is 2. The lowest BCUT2D eigenvalue weighted by Crippen LogP contribution is -2.39. The molecule has 33 heavy (non-hydrogen) atoms. The maximum atomic E-state index is 14.4. The molecule has 0 fully saturated rings. The molecule has 10 heteroatoms. The van der Waals surface area contributed by atoms with E-state index in [-0.39, 0.29) is 21.0 Å². The van der Waals surface area contributed by atoms with Gasteiger partial charge in [0, 0.05) is 22.7 Å². The SMILES string of the molecule is Cc1ccc(S(=O)(=O)N(CC(=O)N/N=C\c2ccccc2F)Cc2c(F)cccc2Cl)cc1. The molecular weight excluding hydrogens is 472 g/mol. The van der Waals surface area contributed by atoms with Gasteiger partial charge in [-0.3, -0.25) is 4.79 Å². The molecule has 0 aliphatic rings. The van der Waals surface area contributed by atoms with E-state index >= 15 is 0 Å². The van der Waals surface area contributed by atoms with E-state index in [1.165, 1.54) is 42.5 Å². The van der Waals surface area contributed by atoms with Crippen molar-refractivity contribution in [2.75, 3.05) is 6.54 Å². The number of carbonyl (C=O) groups excluding carboxylic acids is 1. The highest BCUT2D eigenvalue weighted by molar-refractivity contribution is 7.89. The molecule has 0 heterocycles. The molecule has 0 spiro atoms. The van der Waals surface area contributed by atoms with Crippen LogP contribution >= 0.6 is 11.6 Å². The van der Waals surface area contributed by atoms with Crippen molar-refractivity contribution in [2.45, 2.75) is 18.4 Å². The lowest BCUT2D eigenvalue weighted by molar-refractivity contribution is -0.121. The van der Waals surface area contributed by atoms with E-state index in [0.717, 1.165) is 22.1 Å². The monoisotopic (exact) mass is 491 g/mol. The lowest BCUT2D eigenvalue weighted by Gasteiger charge is -2.22. The van der Waals surface area contributed by atoms with Crippen LogP contribution in [0.1, 0.15) is 16.7 Å². The predicted octanol–water partition coefficient (Wildman–Crippen LogP) is 4.27. The lowest BCUT2D eigenvalue weighted by atomic mass is 10.2. The molecule has 3 rings (SSSR count). The van der Waals surface area contributed by atoms with Crippen LogP contribution in [-0.2, 0) is 21.4 Å². The Hall–Kier alpha value is -3.14. The van der Waals surface area contributed by atoms with Gasteiger partial charge >= 0.3 is 0 Å². The summed E-state index contributed by atoms with van der Waals surface area (Å²) in [6.45, 7) is 0.649. The Balaban J connectivity index is 1.85. The highest BCUT2D eigenvalue weighted by atomic mass is 35.5. The summed E-state index contributed by atoms with van der Waals surface area (Å²) in [6.07, 6.45) is 1.10. The summed E-state index contributed by atoms with van der Waals surface area (Å²) in [7, 11) is -4.19. The topological polar surface area (TPSA) is 78.8 Å². The van der Waals surface area contributed by atoms with Crippen molar-refractivity contribution < 1.29 is 22.0 Å². The minimum atomic E-state index is -4.19. The van der Waals surface area contributed by atoms with Crippen molar-refractivity contribution >= 4 is 33.7 Å². The summed E-state index contributed by atoms with van der Waals surface area (Å²) in [5.74, 6) is -2.04. The average molecular weight is 492 g/mol. The number of rotatable bonds is 8. The third-order valence-corrected chi connectivity index (χ3v) is 6.83. The quantitative estimate of drug-likeness (QED) is 0.377. The van der Waals surface area contributed by atoms with Crippen LogP contribution in [-0.4, -0.2) is 31.4 Å². The fourth-order valence-electron chi connectivity index (χ4n) is 2.89. The number of hydrogen-bond donors (Lipinski definition) is 1. The standard InChI is InChI=1S/C23H20ClF2N3O3S/c1-16-9-11-18(12-10-16)33(31,32)29(14-19-20(24)6-4-8-22(19)26)15-23(30)28-27-13-17-5-2-3-7-21(17)25/h2-13H,14-15H2,1H3,(H,28,30)/b27-13-. The molecule has 0 unspecified atom stereocenters. The zero-order chi connectivity index (χ0) is 24.0. The normalized spacial score (nSPS) is 11.8. The van der Waals surface area contributed by atoms with E-state index < -0.39 is 40.7 Å². The molecule has 0 aliphatic heterocycles.